The van der Waals surface area contributed by atoms with Crippen LogP contribution in [0.3, 0.4) is 0 Å². The molecule has 0 bridgehead atoms. The minimum absolute atomic E-state index is 0.625. The highest BCUT2D eigenvalue weighted by Gasteiger charge is 1.96. The zero-order chi connectivity index (χ0) is 20.5. The van der Waals surface area contributed by atoms with Crippen molar-refractivity contribution in [3.8, 4) is 0 Å². The lowest BCUT2D eigenvalue weighted by molar-refractivity contribution is 0.520. The quantitative estimate of drug-likeness (QED) is 0.0697. The van der Waals surface area contributed by atoms with E-state index in [1.54, 1.807) is 0 Å². The zero-order valence-corrected chi connectivity index (χ0v) is 21.0. The second-order valence-electron chi connectivity index (χ2n) is 8.35. The van der Waals surface area contributed by atoms with Crippen LogP contribution in [-0.2, 0) is 0 Å². The molecule has 0 amide bonds. The Morgan fingerprint density at radius 1 is 0.500 bits per heavy atom. The molecule has 0 aliphatic rings. The van der Waals surface area contributed by atoms with Gasteiger partial charge in [0.2, 0.25) is 0 Å². The molecule has 0 spiro atoms. The summed E-state index contributed by atoms with van der Waals surface area (Å²) in [4.78, 5) is 0. The molecule has 0 aromatic carbocycles. The molecule has 0 heterocycles. The van der Waals surface area contributed by atoms with Crippen LogP contribution in [0, 0.1) is 0 Å². The lowest BCUT2D eigenvalue weighted by Crippen LogP contribution is -2.17. The first-order valence-corrected chi connectivity index (χ1v) is 13.7. The Morgan fingerprint density at radius 2 is 0.750 bits per heavy atom. The van der Waals surface area contributed by atoms with Crippen molar-refractivity contribution >= 4 is 40.8 Å². The maximum Gasteiger partial charge on any atom is 0.130 e. The molecule has 0 aliphatic carbocycles. The van der Waals surface area contributed by atoms with Gasteiger partial charge in [-0.25, -0.2) is 0 Å². The fraction of sp³-hybridized carbons (Fsp3) is 0.958. The van der Waals surface area contributed by atoms with E-state index in [9.17, 15) is 0 Å². The van der Waals surface area contributed by atoms with Crippen molar-refractivity contribution in [1.29, 1.82) is 0 Å². The second-order valence-corrected chi connectivity index (χ2v) is 9.88. The largest absolute Gasteiger partial charge is 0.371 e. The Morgan fingerprint density at radius 3 is 1.00 bits per heavy atom. The number of unbranched alkanes of at least 4 members (excludes halogenated alkanes) is 20. The molecule has 0 unspecified atom stereocenters. The maximum atomic E-state index is 5.70. The van der Waals surface area contributed by atoms with E-state index in [4.69, 9.17) is 23.8 Å². The van der Waals surface area contributed by atoms with Crippen molar-refractivity contribution in [1.82, 2.24) is 5.32 Å². The van der Waals surface area contributed by atoms with Crippen LogP contribution in [0.15, 0.2) is 0 Å². The maximum absolute atomic E-state index is 5.70. The van der Waals surface area contributed by atoms with E-state index in [-0.39, 0.29) is 0 Å². The van der Waals surface area contributed by atoms with Gasteiger partial charge in [0.25, 0.3) is 0 Å². The van der Waals surface area contributed by atoms with Gasteiger partial charge < -0.3 is 5.32 Å². The standard InChI is InChI=1S/C24H48ClNS2/c25-22-20-18-16-14-12-10-8-6-4-2-1-3-5-7-9-11-13-15-17-19-21-23-26-24(27)28/h1-23H2,(H2,26,27,28). The molecular formula is C24H48ClNS2. The third-order valence-corrected chi connectivity index (χ3v) is 6.16. The number of nitrogens with one attached hydrogen (secondary N) is 1. The Labute approximate surface area is 192 Å². The summed E-state index contributed by atoms with van der Waals surface area (Å²) < 4.78 is 0.625. The van der Waals surface area contributed by atoms with E-state index in [1.165, 1.54) is 135 Å². The van der Waals surface area contributed by atoms with E-state index < -0.39 is 0 Å². The van der Waals surface area contributed by atoms with Crippen molar-refractivity contribution < 1.29 is 0 Å². The van der Waals surface area contributed by atoms with Gasteiger partial charge in [-0.15, -0.1) is 24.2 Å². The van der Waals surface area contributed by atoms with E-state index in [2.05, 4.69) is 17.9 Å². The van der Waals surface area contributed by atoms with Gasteiger partial charge in [-0.05, 0) is 12.8 Å². The molecule has 0 radical (unpaired) electrons. The van der Waals surface area contributed by atoms with Crippen LogP contribution in [0.1, 0.15) is 135 Å². The predicted octanol–water partition coefficient (Wildman–Crippen LogP) is 9.22. The summed E-state index contributed by atoms with van der Waals surface area (Å²) in [5.41, 5.74) is 0. The van der Waals surface area contributed by atoms with E-state index in [0.29, 0.717) is 4.32 Å². The Kier molecular flexibility index (Phi) is 26.1. The van der Waals surface area contributed by atoms with Crippen molar-refractivity contribution in [2.45, 2.75) is 135 Å². The van der Waals surface area contributed by atoms with Gasteiger partial charge in [-0.3, -0.25) is 0 Å². The molecule has 1 nitrogen and oxygen atoms in total. The van der Waals surface area contributed by atoms with Gasteiger partial charge in [-0.1, -0.05) is 134 Å². The molecule has 0 saturated carbocycles. The van der Waals surface area contributed by atoms with Gasteiger partial charge in [0.05, 0.1) is 0 Å². The number of hydrogen-bond donors (Lipinski definition) is 2. The third kappa shape index (κ3) is 26.5. The minimum atomic E-state index is 0.625. The summed E-state index contributed by atoms with van der Waals surface area (Å²) in [7, 11) is 0. The number of hydrogen-bond acceptors (Lipinski definition) is 1. The average molecular weight is 450 g/mol. The molecule has 0 aromatic heterocycles. The molecule has 0 saturated heterocycles. The lowest BCUT2D eigenvalue weighted by Gasteiger charge is -2.04. The van der Waals surface area contributed by atoms with Crippen molar-refractivity contribution in [2.24, 2.45) is 0 Å². The SMILES string of the molecule is S=C(S)NCCCCCCCCCCCCCCCCCCCCCCCCl. The molecule has 0 rings (SSSR count). The number of thiocarbonyl (C=S) groups is 1. The highest BCUT2D eigenvalue weighted by molar-refractivity contribution is 8.11. The second kappa shape index (κ2) is 25.6. The molecule has 1 N–H and O–H groups in total. The molecular weight excluding hydrogens is 402 g/mol. The monoisotopic (exact) mass is 449 g/mol. The van der Waals surface area contributed by atoms with Crippen LogP contribution < -0.4 is 5.32 Å². The summed E-state index contributed by atoms with van der Waals surface area (Å²) >= 11 is 14.6. The predicted molar refractivity (Wildman–Crippen MR) is 137 cm³/mol. The van der Waals surface area contributed by atoms with Gasteiger partial charge >= 0.3 is 0 Å². The van der Waals surface area contributed by atoms with E-state index in [1.807, 2.05) is 0 Å². The fourth-order valence-electron chi connectivity index (χ4n) is 3.77. The summed E-state index contributed by atoms with van der Waals surface area (Å²) in [6, 6.07) is 0. The molecule has 168 valence electrons. The molecule has 4 heteroatoms. The van der Waals surface area contributed by atoms with Crippen LogP contribution in [0.4, 0.5) is 0 Å². The molecule has 0 aliphatic heterocycles. The smallest absolute Gasteiger partial charge is 0.130 e. The van der Waals surface area contributed by atoms with Crippen molar-refractivity contribution in [3.05, 3.63) is 0 Å². The molecule has 28 heavy (non-hydrogen) atoms. The first-order chi connectivity index (χ1) is 13.8. The van der Waals surface area contributed by atoms with Gasteiger partial charge in [0.15, 0.2) is 0 Å². The molecule has 0 fully saturated rings. The summed E-state index contributed by atoms with van der Waals surface area (Å²) in [6.45, 7) is 0.984. The normalized spacial score (nSPS) is 11.1. The van der Waals surface area contributed by atoms with Crippen LogP contribution in [0.25, 0.3) is 0 Å². The van der Waals surface area contributed by atoms with Crippen LogP contribution >= 0.6 is 36.4 Å². The third-order valence-electron chi connectivity index (χ3n) is 5.59. The van der Waals surface area contributed by atoms with Gasteiger partial charge in [0, 0.05) is 12.4 Å². The topological polar surface area (TPSA) is 12.0 Å². The Balaban J connectivity index is 2.99. The minimum Gasteiger partial charge on any atom is -0.371 e. The number of rotatable bonds is 23. The number of alkyl halides is 1. The van der Waals surface area contributed by atoms with E-state index >= 15 is 0 Å². The molecule has 0 aromatic rings. The van der Waals surface area contributed by atoms with Crippen molar-refractivity contribution in [3.63, 3.8) is 0 Å². The summed E-state index contributed by atoms with van der Waals surface area (Å²) in [5, 5.41) is 3.10. The lowest BCUT2D eigenvalue weighted by atomic mass is 10.0. The number of thiol groups is 1. The van der Waals surface area contributed by atoms with E-state index in [0.717, 1.165) is 12.4 Å². The summed E-state index contributed by atoms with van der Waals surface area (Å²) in [6.07, 6.45) is 29.5. The Bertz CT molecular complexity index is 313. The Hall–Kier alpha value is 0.530. The first-order valence-electron chi connectivity index (χ1n) is 12.3. The highest BCUT2D eigenvalue weighted by atomic mass is 35.5. The van der Waals surface area contributed by atoms with Crippen molar-refractivity contribution in [2.75, 3.05) is 12.4 Å². The fourth-order valence-corrected chi connectivity index (χ4v) is 4.18. The number of halogens is 1. The highest BCUT2D eigenvalue weighted by Crippen LogP contribution is 2.15. The van der Waals surface area contributed by atoms with Crippen LogP contribution in [0.5, 0.6) is 0 Å². The summed E-state index contributed by atoms with van der Waals surface area (Å²) in [5.74, 6) is 0.839. The average Bonchev–Trinajstić information content (AvgIpc) is 2.68. The zero-order valence-electron chi connectivity index (χ0n) is 18.5. The van der Waals surface area contributed by atoms with Gasteiger partial charge in [-0.2, -0.15) is 0 Å². The van der Waals surface area contributed by atoms with Crippen LogP contribution in [0.2, 0.25) is 0 Å². The van der Waals surface area contributed by atoms with Crippen LogP contribution in [-0.4, -0.2) is 16.7 Å². The first kappa shape index (κ1) is 28.5. The molecule has 0 atom stereocenters. The van der Waals surface area contributed by atoms with Gasteiger partial charge in [0.1, 0.15) is 4.32 Å².